The van der Waals surface area contributed by atoms with Gasteiger partial charge in [-0.2, -0.15) is 8.42 Å². The molecular formula is C16H25N7O7S. The molecule has 0 saturated carbocycles. The number of aliphatic hydroxyl groups is 2. The third kappa shape index (κ3) is 5.44. The Morgan fingerprint density at radius 1 is 1.29 bits per heavy atom. The average molecular weight is 459 g/mol. The van der Waals surface area contributed by atoms with Crippen molar-refractivity contribution in [3.63, 3.8) is 0 Å². The highest BCUT2D eigenvalue weighted by atomic mass is 32.2. The van der Waals surface area contributed by atoms with Gasteiger partial charge in [-0.1, -0.05) is 0 Å². The van der Waals surface area contributed by atoms with Crippen molar-refractivity contribution in [1.82, 2.24) is 29.6 Å². The summed E-state index contributed by atoms with van der Waals surface area (Å²) in [6.45, 7) is 0.0859. The zero-order valence-corrected chi connectivity index (χ0v) is 17.5. The minimum absolute atomic E-state index is 0.0201. The number of carbonyl (C=O) groups excluding carboxylic acids is 1. The molecule has 1 aliphatic rings. The van der Waals surface area contributed by atoms with E-state index in [1.165, 1.54) is 17.2 Å². The van der Waals surface area contributed by atoms with Crippen molar-refractivity contribution in [3.8, 4) is 0 Å². The Morgan fingerprint density at radius 3 is 2.81 bits per heavy atom. The van der Waals surface area contributed by atoms with E-state index < -0.39 is 47.4 Å². The third-order valence-corrected chi connectivity index (χ3v) is 5.63. The van der Waals surface area contributed by atoms with Crippen LogP contribution in [0.2, 0.25) is 0 Å². The van der Waals surface area contributed by atoms with Gasteiger partial charge in [-0.05, 0) is 26.4 Å². The zero-order valence-electron chi connectivity index (χ0n) is 16.7. The molecule has 0 aromatic carbocycles. The number of aliphatic hydroxyl groups excluding tert-OH is 2. The van der Waals surface area contributed by atoms with Crippen LogP contribution >= 0.6 is 0 Å². The van der Waals surface area contributed by atoms with Gasteiger partial charge in [0.2, 0.25) is 5.91 Å². The molecule has 6 N–H and O–H groups in total. The molecule has 31 heavy (non-hydrogen) atoms. The van der Waals surface area contributed by atoms with Crippen molar-refractivity contribution in [2.75, 3.05) is 25.9 Å². The van der Waals surface area contributed by atoms with E-state index in [0.29, 0.717) is 19.4 Å². The Balaban J connectivity index is 1.59. The number of nitrogen functional groups attached to an aromatic ring is 1. The lowest BCUT2D eigenvalue weighted by atomic mass is 10.1. The van der Waals surface area contributed by atoms with Crippen LogP contribution in [0.15, 0.2) is 12.7 Å². The fourth-order valence-electron chi connectivity index (χ4n) is 3.12. The average Bonchev–Trinajstić information content (AvgIpc) is 3.26. The van der Waals surface area contributed by atoms with Crippen LogP contribution in [-0.4, -0.2) is 82.6 Å². The van der Waals surface area contributed by atoms with E-state index in [1.54, 1.807) is 11.8 Å². The van der Waals surface area contributed by atoms with E-state index in [0.717, 1.165) is 0 Å². The number of fused-ring (bicyclic) bond motifs is 1. The van der Waals surface area contributed by atoms with Crippen LogP contribution < -0.4 is 15.8 Å². The number of aromatic nitrogens is 4. The van der Waals surface area contributed by atoms with Crippen molar-refractivity contribution < 1.29 is 32.3 Å². The molecule has 0 radical (unpaired) electrons. The Bertz CT molecular complexity index is 1010. The number of amides is 1. The lowest BCUT2D eigenvalue weighted by Crippen LogP contribution is -2.37. The Kier molecular flexibility index (Phi) is 7.34. The number of carbonyl (C=O) groups is 1. The first-order chi connectivity index (χ1) is 14.7. The maximum atomic E-state index is 12.0. The Hall–Kier alpha value is -2.43. The van der Waals surface area contributed by atoms with Gasteiger partial charge in [0, 0.05) is 6.42 Å². The number of nitrogens with zero attached hydrogens (tertiary/aromatic N) is 4. The second-order valence-corrected chi connectivity index (χ2v) is 8.30. The maximum Gasteiger partial charge on any atom is 0.362 e. The van der Waals surface area contributed by atoms with Crippen LogP contribution in [-0.2, 0) is 24.0 Å². The van der Waals surface area contributed by atoms with Crippen molar-refractivity contribution in [3.05, 3.63) is 12.7 Å². The molecule has 172 valence electrons. The van der Waals surface area contributed by atoms with Crippen LogP contribution in [0.3, 0.4) is 0 Å². The highest BCUT2D eigenvalue weighted by molar-refractivity contribution is 7.85. The predicted molar refractivity (Wildman–Crippen MR) is 106 cm³/mol. The predicted octanol–water partition coefficient (Wildman–Crippen LogP) is -2.20. The molecule has 3 heterocycles. The van der Waals surface area contributed by atoms with Gasteiger partial charge in [0.25, 0.3) is 0 Å². The summed E-state index contributed by atoms with van der Waals surface area (Å²) in [5, 5.41) is 23.6. The van der Waals surface area contributed by atoms with Crippen LogP contribution in [0, 0.1) is 0 Å². The van der Waals surface area contributed by atoms with Crippen molar-refractivity contribution in [2.45, 2.75) is 43.8 Å². The summed E-state index contributed by atoms with van der Waals surface area (Å²) >= 11 is 0. The first-order valence-electron chi connectivity index (χ1n) is 9.52. The van der Waals surface area contributed by atoms with Crippen LogP contribution in [0.4, 0.5) is 5.82 Å². The minimum atomic E-state index is -4.41. The molecule has 2 aromatic rings. The molecule has 0 spiro atoms. The highest BCUT2D eigenvalue weighted by Crippen LogP contribution is 2.32. The first-order valence-corrected chi connectivity index (χ1v) is 10.9. The number of hydrogen-bond donors (Lipinski definition) is 5. The molecular weight excluding hydrogens is 434 g/mol. The molecule has 4 atom stereocenters. The second kappa shape index (κ2) is 9.80. The number of imidazole rings is 1. The summed E-state index contributed by atoms with van der Waals surface area (Å²) < 4.78 is 37.5. The number of nitrogens with two attached hydrogens (primary N) is 1. The second-order valence-electron chi connectivity index (χ2n) is 6.95. The molecule has 1 fully saturated rings. The summed E-state index contributed by atoms with van der Waals surface area (Å²) in [6.07, 6.45) is -1.44. The lowest BCUT2D eigenvalue weighted by molar-refractivity contribution is -0.119. The van der Waals surface area contributed by atoms with E-state index in [2.05, 4.69) is 20.3 Å². The Labute approximate surface area is 178 Å². The van der Waals surface area contributed by atoms with Crippen molar-refractivity contribution >= 4 is 33.2 Å². The molecule has 14 nitrogen and oxygen atoms in total. The number of ether oxygens (including phenoxy) is 1. The van der Waals surface area contributed by atoms with Gasteiger partial charge < -0.3 is 26.0 Å². The summed E-state index contributed by atoms with van der Waals surface area (Å²) in [5.41, 5.74) is 6.29. The van der Waals surface area contributed by atoms with E-state index in [1.807, 2.05) is 0 Å². The summed E-state index contributed by atoms with van der Waals surface area (Å²) in [4.78, 5) is 23.7. The molecule has 1 aliphatic heterocycles. The topological polar surface area (TPSA) is 204 Å². The van der Waals surface area contributed by atoms with Gasteiger partial charge in [0.05, 0.1) is 12.9 Å². The molecule has 15 heteroatoms. The normalized spacial score (nSPS) is 24.0. The van der Waals surface area contributed by atoms with Gasteiger partial charge in [0.1, 0.15) is 30.2 Å². The number of anilines is 1. The third-order valence-electron chi connectivity index (χ3n) is 4.71. The maximum absolute atomic E-state index is 12.0. The molecule has 0 unspecified atom stereocenters. The van der Waals surface area contributed by atoms with Crippen LogP contribution in [0.25, 0.3) is 11.2 Å². The fraction of sp³-hybridized carbons (Fsp3) is 0.625. The first kappa shape index (κ1) is 23.2. The van der Waals surface area contributed by atoms with Crippen LogP contribution in [0.1, 0.15) is 25.5 Å². The molecule has 1 saturated heterocycles. The van der Waals surface area contributed by atoms with E-state index in [9.17, 15) is 23.4 Å². The number of hydrogen-bond acceptors (Lipinski definition) is 12. The molecule has 1 amide bonds. The van der Waals surface area contributed by atoms with Gasteiger partial charge in [0.15, 0.2) is 17.7 Å². The minimum Gasteiger partial charge on any atom is -0.387 e. The Morgan fingerprint density at radius 2 is 2.06 bits per heavy atom. The van der Waals surface area contributed by atoms with Crippen molar-refractivity contribution in [1.29, 1.82) is 0 Å². The SMILES string of the molecule is CNCCCCC(=O)NS(=O)(=O)OC[C@H]1O[C@@H](n2cnc3c(N)ncnc32)[C@H](O)[C@@H]1O. The van der Waals surface area contributed by atoms with Gasteiger partial charge in [-0.25, -0.2) is 19.7 Å². The fourth-order valence-corrected chi connectivity index (χ4v) is 3.87. The monoisotopic (exact) mass is 459 g/mol. The quantitative estimate of drug-likeness (QED) is 0.240. The van der Waals surface area contributed by atoms with E-state index in [-0.39, 0.29) is 23.4 Å². The van der Waals surface area contributed by atoms with E-state index >= 15 is 0 Å². The summed E-state index contributed by atoms with van der Waals surface area (Å²) in [7, 11) is -2.63. The standard InChI is InChI=1S/C16H25N7O7S/c1-18-5-3-2-4-10(24)22-31(27,28)29-6-9-12(25)13(26)16(30-9)23-8-21-11-14(17)19-7-20-15(11)23/h7-9,12-13,16,18,25-26H,2-6H2,1H3,(H,22,24)(H2,17,19,20)/t9-,12-,13-,16-/m1/s1. The largest absolute Gasteiger partial charge is 0.387 e. The highest BCUT2D eigenvalue weighted by Gasteiger charge is 2.45. The summed E-state index contributed by atoms with van der Waals surface area (Å²) in [6, 6.07) is 0. The molecule has 0 bridgehead atoms. The van der Waals surface area contributed by atoms with E-state index in [4.69, 9.17) is 14.7 Å². The molecule has 3 rings (SSSR count). The summed E-state index contributed by atoms with van der Waals surface area (Å²) in [5.74, 6) is -0.575. The number of nitrogens with one attached hydrogen (secondary N) is 2. The number of unbranched alkanes of at least 4 members (excludes halogenated alkanes) is 1. The van der Waals surface area contributed by atoms with Crippen molar-refractivity contribution in [2.24, 2.45) is 0 Å². The molecule has 2 aromatic heterocycles. The smallest absolute Gasteiger partial charge is 0.362 e. The van der Waals surface area contributed by atoms with Crippen LogP contribution in [0.5, 0.6) is 0 Å². The lowest BCUT2D eigenvalue weighted by Gasteiger charge is -2.16. The number of rotatable bonds is 10. The van der Waals surface area contributed by atoms with Gasteiger partial charge in [-0.3, -0.25) is 13.5 Å². The zero-order chi connectivity index (χ0) is 22.6. The van der Waals surface area contributed by atoms with Gasteiger partial charge >= 0.3 is 10.3 Å². The molecule has 0 aliphatic carbocycles. The van der Waals surface area contributed by atoms with Gasteiger partial charge in [-0.15, -0.1) is 0 Å².